The molecule has 0 fully saturated rings. The van der Waals surface area contributed by atoms with E-state index in [0.717, 1.165) is 58.8 Å². The largest absolute Gasteiger partial charge is 0.208 e. The number of nitrogens with zero attached hydrogens (tertiary/aromatic N) is 3. The van der Waals surface area contributed by atoms with Crippen LogP contribution in [0.1, 0.15) is 6.85 Å². The molecule has 0 saturated heterocycles. The molecule has 0 unspecified atom stereocenters. The minimum absolute atomic E-state index is 0.171. The summed E-state index contributed by atoms with van der Waals surface area (Å²) in [4.78, 5) is 15.0. The van der Waals surface area contributed by atoms with Crippen LogP contribution in [0.15, 0.2) is 164 Å². The molecule has 0 aliphatic carbocycles. The lowest BCUT2D eigenvalue weighted by molar-refractivity contribution is 1.08. The Morgan fingerprint density at radius 1 is 0.447 bits per heavy atom. The van der Waals surface area contributed by atoms with E-state index in [9.17, 15) is 0 Å². The summed E-state index contributed by atoms with van der Waals surface area (Å²) in [6, 6.07) is 42.6. The summed E-state index contributed by atoms with van der Waals surface area (Å²) in [5, 5.41) is 3.99. The van der Waals surface area contributed by atoms with Crippen molar-refractivity contribution in [2.75, 3.05) is 0 Å². The number of fused-ring (bicyclic) bond motifs is 4. The highest BCUT2D eigenvalue weighted by atomic mass is 32.1. The molecular formula is C43H27N3S. The first-order chi connectivity index (χ1) is 25.4. The van der Waals surface area contributed by atoms with Crippen molar-refractivity contribution in [2.24, 2.45) is 0 Å². The highest BCUT2D eigenvalue weighted by molar-refractivity contribution is 7.26. The number of benzene rings is 7. The maximum absolute atomic E-state index is 8.96. The van der Waals surface area contributed by atoms with Gasteiger partial charge in [-0.2, -0.15) is 0 Å². The Bertz CT molecular complexity index is 2770. The zero-order chi connectivity index (χ0) is 35.5. The van der Waals surface area contributed by atoms with Crippen molar-refractivity contribution in [3.8, 4) is 56.4 Å². The molecule has 0 aliphatic rings. The van der Waals surface area contributed by atoms with E-state index in [1.54, 1.807) is 0 Å². The lowest BCUT2D eigenvalue weighted by Gasteiger charge is -2.11. The molecule has 220 valence electrons. The average molecular weight is 623 g/mol. The van der Waals surface area contributed by atoms with Crippen LogP contribution in [-0.4, -0.2) is 15.0 Å². The van der Waals surface area contributed by atoms with Gasteiger partial charge in [-0.1, -0.05) is 139 Å². The van der Waals surface area contributed by atoms with E-state index in [2.05, 4.69) is 36.4 Å². The zero-order valence-electron chi connectivity index (χ0n) is 30.0. The third kappa shape index (κ3) is 4.96. The fourth-order valence-corrected chi connectivity index (χ4v) is 7.38. The van der Waals surface area contributed by atoms with Gasteiger partial charge in [-0.25, -0.2) is 15.0 Å². The normalized spacial score (nSPS) is 12.9. The Morgan fingerprint density at radius 2 is 1.11 bits per heavy atom. The molecule has 0 radical (unpaired) electrons. The van der Waals surface area contributed by atoms with E-state index in [-0.39, 0.29) is 29.7 Å². The molecule has 7 aromatic carbocycles. The smallest absolute Gasteiger partial charge is 0.164 e. The van der Waals surface area contributed by atoms with Crippen molar-refractivity contribution in [3.05, 3.63) is 164 Å². The van der Waals surface area contributed by atoms with Gasteiger partial charge in [0.1, 0.15) is 0 Å². The molecule has 3 nitrogen and oxygen atoms in total. The monoisotopic (exact) mass is 622 g/mol. The van der Waals surface area contributed by atoms with Crippen molar-refractivity contribution < 1.29 is 6.85 Å². The second kappa shape index (κ2) is 11.4. The molecule has 0 aliphatic heterocycles. The molecule has 47 heavy (non-hydrogen) atoms. The average Bonchev–Trinajstić information content (AvgIpc) is 3.59. The topological polar surface area (TPSA) is 38.7 Å². The second-order valence-corrected chi connectivity index (χ2v) is 12.3. The summed E-state index contributed by atoms with van der Waals surface area (Å²) in [5.41, 5.74) is 5.10. The van der Waals surface area contributed by atoms with Crippen molar-refractivity contribution in [3.63, 3.8) is 0 Å². The Balaban J connectivity index is 1.37. The van der Waals surface area contributed by atoms with Crippen LogP contribution in [0.5, 0.6) is 0 Å². The summed E-state index contributed by atoms with van der Waals surface area (Å²) < 4.78 is 45.0. The van der Waals surface area contributed by atoms with E-state index in [1.807, 2.05) is 97.1 Å². The van der Waals surface area contributed by atoms with Gasteiger partial charge in [0.2, 0.25) is 0 Å². The van der Waals surface area contributed by atoms with Crippen molar-refractivity contribution >= 4 is 42.3 Å². The molecule has 4 heteroatoms. The lowest BCUT2D eigenvalue weighted by atomic mass is 9.94. The number of hydrogen-bond donors (Lipinski definition) is 0. The van der Waals surface area contributed by atoms with Crippen LogP contribution >= 0.6 is 11.3 Å². The van der Waals surface area contributed by atoms with Crippen LogP contribution in [0.25, 0.3) is 87.4 Å². The predicted octanol–water partition coefficient (Wildman–Crippen LogP) is 11.7. The first kappa shape index (κ1) is 22.5. The zero-order valence-corrected chi connectivity index (χ0v) is 25.8. The molecule has 2 heterocycles. The summed E-state index contributed by atoms with van der Waals surface area (Å²) >= 11 is 1.53. The highest BCUT2D eigenvalue weighted by Crippen LogP contribution is 2.46. The molecule has 0 N–H and O–H groups in total. The summed E-state index contributed by atoms with van der Waals surface area (Å²) in [7, 11) is 0. The standard InChI is InChI=1S/C43H27N3S/c1-4-14-29(15-5-1)36-26-34(33-24-23-28-13-10-11-20-32(28)25-33)27-37-39-35(21-12-22-38(39)47-40(36)37)43-45-41(30-16-6-2-7-17-30)44-42(46-43)31-18-8-3-9-19-31/h1-27H/i1D,4D,5D,14D,15D. The third-order valence-electron chi connectivity index (χ3n) is 8.39. The first-order valence-electron chi connectivity index (χ1n) is 17.8. The van der Waals surface area contributed by atoms with Crippen LogP contribution in [0.3, 0.4) is 0 Å². The van der Waals surface area contributed by atoms with Gasteiger partial charge in [-0.15, -0.1) is 11.3 Å². The van der Waals surface area contributed by atoms with Crippen LogP contribution in [-0.2, 0) is 0 Å². The molecule has 0 amide bonds. The minimum Gasteiger partial charge on any atom is -0.208 e. The van der Waals surface area contributed by atoms with Gasteiger partial charge in [-0.3, -0.25) is 0 Å². The van der Waals surface area contributed by atoms with E-state index in [4.69, 9.17) is 21.8 Å². The Morgan fingerprint density at radius 3 is 1.83 bits per heavy atom. The lowest BCUT2D eigenvalue weighted by Crippen LogP contribution is -2.00. The molecule has 9 rings (SSSR count). The number of rotatable bonds is 5. The van der Waals surface area contributed by atoms with Crippen LogP contribution < -0.4 is 0 Å². The first-order valence-corrected chi connectivity index (χ1v) is 16.1. The van der Waals surface area contributed by atoms with E-state index in [0.29, 0.717) is 23.0 Å². The Labute approximate surface area is 283 Å². The molecule has 9 aromatic rings. The Kier molecular flexibility index (Phi) is 5.48. The Hall–Kier alpha value is -5.97. The van der Waals surface area contributed by atoms with Crippen LogP contribution in [0, 0.1) is 0 Å². The summed E-state index contributed by atoms with van der Waals surface area (Å²) in [5.74, 6) is 1.62. The van der Waals surface area contributed by atoms with Gasteiger partial charge in [0, 0.05) is 42.4 Å². The van der Waals surface area contributed by atoms with Crippen molar-refractivity contribution in [1.29, 1.82) is 0 Å². The van der Waals surface area contributed by atoms with E-state index in [1.165, 1.54) is 11.3 Å². The maximum atomic E-state index is 8.96. The van der Waals surface area contributed by atoms with Crippen LogP contribution in [0.4, 0.5) is 0 Å². The predicted molar refractivity (Wildman–Crippen MR) is 197 cm³/mol. The van der Waals surface area contributed by atoms with Gasteiger partial charge in [0.25, 0.3) is 0 Å². The number of thiophene rings is 1. The second-order valence-electron chi connectivity index (χ2n) is 11.3. The van der Waals surface area contributed by atoms with Crippen LogP contribution in [0.2, 0.25) is 0 Å². The summed E-state index contributed by atoms with van der Waals surface area (Å²) in [6.07, 6.45) is 0. The molecule has 0 spiro atoms. The molecular weight excluding hydrogens is 591 g/mol. The van der Waals surface area contributed by atoms with E-state index >= 15 is 0 Å². The molecule has 2 aromatic heterocycles. The van der Waals surface area contributed by atoms with Crippen molar-refractivity contribution in [1.82, 2.24) is 15.0 Å². The molecule has 0 saturated carbocycles. The maximum Gasteiger partial charge on any atom is 0.164 e. The van der Waals surface area contributed by atoms with Gasteiger partial charge in [-0.05, 0) is 51.7 Å². The number of hydrogen-bond acceptors (Lipinski definition) is 4. The van der Waals surface area contributed by atoms with Gasteiger partial charge in [0.15, 0.2) is 17.5 Å². The quantitative estimate of drug-likeness (QED) is 0.192. The highest BCUT2D eigenvalue weighted by Gasteiger charge is 2.19. The van der Waals surface area contributed by atoms with Gasteiger partial charge in [0.05, 0.1) is 6.85 Å². The third-order valence-corrected chi connectivity index (χ3v) is 9.59. The fraction of sp³-hybridized carbons (Fsp3) is 0. The van der Waals surface area contributed by atoms with Gasteiger partial charge >= 0.3 is 0 Å². The fourth-order valence-electron chi connectivity index (χ4n) is 6.15. The number of aromatic nitrogens is 3. The van der Waals surface area contributed by atoms with E-state index < -0.39 is 6.04 Å². The molecule has 0 bridgehead atoms. The van der Waals surface area contributed by atoms with Gasteiger partial charge < -0.3 is 0 Å². The molecule has 0 atom stereocenters. The SMILES string of the molecule is [2H]c1c([2H])c([2H])c(-c2cc(-c3ccc4ccccc4c3)cc3c2sc2cccc(-c4nc(-c5ccccc5)nc(-c5ccccc5)n4)c23)c([2H])c1[2H]. The van der Waals surface area contributed by atoms with Crippen molar-refractivity contribution in [2.45, 2.75) is 0 Å². The summed E-state index contributed by atoms with van der Waals surface area (Å²) in [6.45, 7) is 0. The minimum atomic E-state index is -0.419.